The van der Waals surface area contributed by atoms with E-state index in [9.17, 15) is 19.2 Å². The fraction of sp³-hybridized carbons (Fsp3) is 0.400. The van der Waals surface area contributed by atoms with Crippen LogP contribution in [0.3, 0.4) is 0 Å². The highest BCUT2D eigenvalue weighted by Gasteiger charge is 2.38. The molecule has 4 amide bonds. The van der Waals surface area contributed by atoms with E-state index in [1.54, 1.807) is 33.8 Å². The largest absolute Gasteiger partial charge is 0.453 e. The molecule has 1 fully saturated rings. The lowest BCUT2D eigenvalue weighted by Crippen LogP contribution is -2.51. The van der Waals surface area contributed by atoms with E-state index in [4.69, 9.17) is 14.5 Å². The lowest BCUT2D eigenvalue weighted by atomic mass is 10.0. The summed E-state index contributed by atoms with van der Waals surface area (Å²) in [4.78, 5) is 70.9. The predicted octanol–water partition coefficient (Wildman–Crippen LogP) is 7.27. The molecule has 5 aromatic rings. The topological polar surface area (TPSA) is 175 Å². The second-order valence-corrected chi connectivity index (χ2v) is 16.4. The summed E-state index contributed by atoms with van der Waals surface area (Å²) >= 11 is 3.38. The smallest absolute Gasteiger partial charge is 0.407 e. The van der Waals surface area contributed by atoms with Crippen molar-refractivity contribution in [3.63, 3.8) is 0 Å². The average Bonchev–Trinajstić information content (AvgIpc) is 4.04. The van der Waals surface area contributed by atoms with Gasteiger partial charge in [-0.15, -0.1) is 22.7 Å². The molecule has 0 radical (unpaired) electrons. The Labute approximate surface area is 332 Å². The number of rotatable bonds is 11. The Balaban J connectivity index is 1.05. The van der Waals surface area contributed by atoms with E-state index in [1.165, 1.54) is 18.9 Å². The van der Waals surface area contributed by atoms with E-state index < -0.39 is 24.3 Å². The number of aromatic amines is 2. The van der Waals surface area contributed by atoms with Crippen LogP contribution in [0.5, 0.6) is 0 Å². The number of hydrogen-bond donors (Lipinski definition) is 4. The number of fused-ring (bicyclic) bond motifs is 1. The fourth-order valence-corrected chi connectivity index (χ4v) is 9.81. The minimum absolute atomic E-state index is 0.108. The summed E-state index contributed by atoms with van der Waals surface area (Å²) in [5.74, 6) is 0.797. The number of alkyl carbamates (subject to hydrolysis) is 2. The van der Waals surface area contributed by atoms with Crippen molar-refractivity contribution in [2.45, 2.75) is 64.7 Å². The van der Waals surface area contributed by atoms with E-state index in [-0.39, 0.29) is 35.7 Å². The van der Waals surface area contributed by atoms with Gasteiger partial charge in [-0.25, -0.2) is 19.6 Å². The quantitative estimate of drug-likeness (QED) is 0.101. The van der Waals surface area contributed by atoms with Gasteiger partial charge in [-0.05, 0) is 35.8 Å². The second kappa shape index (κ2) is 16.3. The van der Waals surface area contributed by atoms with Gasteiger partial charge in [-0.1, -0.05) is 64.1 Å². The van der Waals surface area contributed by atoms with E-state index in [0.717, 1.165) is 57.0 Å². The van der Waals surface area contributed by atoms with Crippen molar-refractivity contribution in [2.75, 3.05) is 27.3 Å². The highest BCUT2D eigenvalue weighted by molar-refractivity contribution is 7.27. The van der Waals surface area contributed by atoms with Crippen molar-refractivity contribution < 1.29 is 28.7 Å². The lowest BCUT2D eigenvalue weighted by Gasteiger charge is -2.30. The number of imidazole rings is 2. The molecule has 6 heterocycles. The zero-order valence-corrected chi connectivity index (χ0v) is 33.8. The third kappa shape index (κ3) is 7.54. The maximum atomic E-state index is 13.6. The molecule has 1 aromatic carbocycles. The Hall–Kier alpha value is -5.48. The van der Waals surface area contributed by atoms with Gasteiger partial charge in [0.2, 0.25) is 11.8 Å². The van der Waals surface area contributed by atoms with Gasteiger partial charge in [0.25, 0.3) is 0 Å². The van der Waals surface area contributed by atoms with Gasteiger partial charge >= 0.3 is 12.2 Å². The van der Waals surface area contributed by atoms with Crippen molar-refractivity contribution in [1.29, 1.82) is 0 Å². The number of carbonyl (C=O) groups is 4. The van der Waals surface area contributed by atoms with Crippen LogP contribution < -0.4 is 10.6 Å². The molecule has 0 bridgehead atoms. The van der Waals surface area contributed by atoms with Crippen LogP contribution in [0.4, 0.5) is 9.59 Å². The van der Waals surface area contributed by atoms with Gasteiger partial charge in [0.15, 0.2) is 0 Å². The monoisotopic (exact) mass is 798 g/mol. The summed E-state index contributed by atoms with van der Waals surface area (Å²) in [7, 11) is 2.57. The van der Waals surface area contributed by atoms with Crippen LogP contribution in [0.2, 0.25) is 0 Å². The number of ether oxygens (including phenoxy) is 2. The Kier molecular flexibility index (Phi) is 11.3. The molecule has 7 rings (SSSR count). The van der Waals surface area contributed by atoms with Crippen LogP contribution in [-0.4, -0.2) is 93.1 Å². The molecule has 0 spiro atoms. The van der Waals surface area contributed by atoms with Crippen molar-refractivity contribution in [2.24, 2.45) is 11.8 Å². The predicted molar refractivity (Wildman–Crippen MR) is 216 cm³/mol. The van der Waals surface area contributed by atoms with Gasteiger partial charge in [0, 0.05) is 35.0 Å². The number of hydrogen-bond acceptors (Lipinski definition) is 10. The first kappa shape index (κ1) is 38.8. The maximum absolute atomic E-state index is 13.6. The number of benzene rings is 1. The summed E-state index contributed by atoms with van der Waals surface area (Å²) in [6.07, 6.45) is 7.86. The molecule has 14 nitrogen and oxygen atoms in total. The SMILES string of the molecule is COC(=O)N[C@H](C(=O)N1CC=CC1c1ncc(-c2ccc(-c3csc4c(-c5cnc(C6CCCN6C(=O)[C@@H](NC(=O)OC)C(C)C)[nH]5)csc34)cc2)[nH]1)C(C)C. The summed E-state index contributed by atoms with van der Waals surface area (Å²) in [6, 6.07) is 6.32. The number of nitrogens with one attached hydrogen (secondary N) is 4. The first-order valence-corrected chi connectivity index (χ1v) is 20.4. The number of carbonyl (C=O) groups excluding carboxylic acids is 4. The lowest BCUT2D eigenvalue weighted by molar-refractivity contribution is -0.136. The Morgan fingerprint density at radius 1 is 0.768 bits per heavy atom. The minimum atomic E-state index is -0.728. The van der Waals surface area contributed by atoms with Gasteiger partial charge in [0.1, 0.15) is 29.8 Å². The number of thiophene rings is 2. The van der Waals surface area contributed by atoms with E-state index in [1.807, 2.05) is 50.9 Å². The van der Waals surface area contributed by atoms with Gasteiger partial charge < -0.3 is 39.9 Å². The van der Waals surface area contributed by atoms with Gasteiger partial charge in [-0.3, -0.25) is 9.59 Å². The van der Waals surface area contributed by atoms with Gasteiger partial charge in [-0.2, -0.15) is 0 Å². The van der Waals surface area contributed by atoms with Crippen LogP contribution in [-0.2, 0) is 19.1 Å². The van der Waals surface area contributed by atoms with Gasteiger partial charge in [0.05, 0.1) is 53.4 Å². The normalized spacial score (nSPS) is 17.9. The standard InChI is InChI=1S/C40H46N8O6S2/c1-21(2)31(45-39(51)53-5)37(49)47-15-7-9-29(47)35-41-17-27(43-35)24-13-11-23(12-14-24)25-19-55-34-26(20-56-33(25)34)28-18-42-36(44-28)30-10-8-16-48(30)38(50)32(22(3)4)46-40(52)54-6/h7,9,11-14,17-22,29-32H,8,10,15-16H2,1-6H3,(H,41,43)(H,42,44)(H,45,51)(H,46,52)/t29?,30?,31-,32-/m0/s1. The number of aromatic nitrogens is 4. The fourth-order valence-electron chi connectivity index (χ4n) is 7.37. The average molecular weight is 799 g/mol. The molecular formula is C40H46N8O6S2. The molecule has 4 atom stereocenters. The molecule has 2 unspecified atom stereocenters. The molecule has 1 saturated heterocycles. The van der Waals surface area contributed by atoms with E-state index >= 15 is 0 Å². The maximum Gasteiger partial charge on any atom is 0.407 e. The number of amides is 4. The molecular weight excluding hydrogens is 753 g/mol. The highest BCUT2D eigenvalue weighted by Crippen LogP contribution is 2.44. The zero-order chi connectivity index (χ0) is 39.7. The van der Waals surface area contributed by atoms with Crippen LogP contribution in [0.1, 0.15) is 64.3 Å². The van der Waals surface area contributed by atoms with E-state index in [0.29, 0.717) is 18.9 Å². The van der Waals surface area contributed by atoms with Crippen molar-refractivity contribution in [3.05, 3.63) is 71.2 Å². The Morgan fingerprint density at radius 2 is 1.32 bits per heavy atom. The first-order valence-electron chi connectivity index (χ1n) is 18.6. The first-order chi connectivity index (χ1) is 27.0. The number of H-pyrrole nitrogens is 2. The molecule has 2 aliphatic heterocycles. The molecule has 0 saturated carbocycles. The van der Waals surface area contributed by atoms with Crippen LogP contribution >= 0.6 is 22.7 Å². The summed E-state index contributed by atoms with van der Waals surface area (Å²) < 4.78 is 11.9. The van der Waals surface area contributed by atoms with Crippen LogP contribution in [0, 0.1) is 11.8 Å². The van der Waals surface area contributed by atoms with Crippen LogP contribution in [0.25, 0.3) is 43.0 Å². The molecule has 0 aliphatic carbocycles. The third-order valence-electron chi connectivity index (χ3n) is 10.4. The van der Waals surface area contributed by atoms with Crippen molar-refractivity contribution >= 4 is 56.1 Å². The van der Waals surface area contributed by atoms with Crippen molar-refractivity contribution in [3.8, 4) is 33.6 Å². The molecule has 2 aliphatic rings. The molecule has 4 N–H and O–H groups in total. The number of methoxy groups -OCH3 is 2. The molecule has 16 heteroatoms. The Morgan fingerprint density at radius 3 is 1.96 bits per heavy atom. The summed E-state index contributed by atoms with van der Waals surface area (Å²) in [5, 5.41) is 9.71. The minimum Gasteiger partial charge on any atom is -0.453 e. The van der Waals surface area contributed by atoms with E-state index in [2.05, 4.69) is 60.6 Å². The summed E-state index contributed by atoms with van der Waals surface area (Å²) in [6.45, 7) is 8.58. The number of nitrogens with zero attached hydrogens (tertiary/aromatic N) is 4. The molecule has 294 valence electrons. The summed E-state index contributed by atoms with van der Waals surface area (Å²) in [5.41, 5.74) is 6.00. The van der Waals surface area contributed by atoms with Crippen molar-refractivity contribution in [1.82, 2.24) is 40.4 Å². The second-order valence-electron chi connectivity index (χ2n) is 14.7. The zero-order valence-electron chi connectivity index (χ0n) is 32.1. The number of likely N-dealkylation sites (tertiary alicyclic amines) is 1. The molecule has 4 aromatic heterocycles. The highest BCUT2D eigenvalue weighted by atomic mass is 32.1. The third-order valence-corrected chi connectivity index (χ3v) is 12.6. The Bertz CT molecular complexity index is 2250. The molecule has 56 heavy (non-hydrogen) atoms. The van der Waals surface area contributed by atoms with Crippen LogP contribution in [0.15, 0.2) is 59.6 Å².